The van der Waals surface area contributed by atoms with Gasteiger partial charge in [0.1, 0.15) is 12.4 Å². The SMILES string of the molecule is CC1(C(N)=O)CCN(CCOc2ccc(CCN)cc2)C1. The molecule has 0 radical (unpaired) electrons. The van der Waals surface area contributed by atoms with Crippen molar-refractivity contribution in [1.82, 2.24) is 4.90 Å². The van der Waals surface area contributed by atoms with Gasteiger partial charge in [0.15, 0.2) is 0 Å². The third kappa shape index (κ3) is 4.19. The monoisotopic (exact) mass is 291 g/mol. The Labute approximate surface area is 126 Å². The van der Waals surface area contributed by atoms with E-state index in [-0.39, 0.29) is 11.3 Å². The highest BCUT2D eigenvalue weighted by molar-refractivity contribution is 5.81. The molecule has 1 unspecified atom stereocenters. The molecule has 21 heavy (non-hydrogen) atoms. The first-order valence-electron chi connectivity index (χ1n) is 7.47. The van der Waals surface area contributed by atoms with Crippen LogP contribution >= 0.6 is 0 Å². The van der Waals surface area contributed by atoms with Crippen molar-refractivity contribution in [2.45, 2.75) is 19.8 Å². The number of amides is 1. The zero-order valence-corrected chi connectivity index (χ0v) is 12.7. The predicted octanol–water partition coefficient (Wildman–Crippen LogP) is 0.764. The molecule has 1 aliphatic heterocycles. The van der Waals surface area contributed by atoms with Gasteiger partial charge in [0.05, 0.1) is 5.41 Å². The van der Waals surface area contributed by atoms with Crippen molar-refractivity contribution in [3.8, 4) is 5.75 Å². The predicted molar refractivity (Wildman–Crippen MR) is 83.1 cm³/mol. The lowest BCUT2D eigenvalue weighted by Gasteiger charge is -2.21. The standard InChI is InChI=1S/C16H25N3O2/c1-16(15(18)20)7-9-19(12-16)10-11-21-14-4-2-13(3-5-14)6-8-17/h2-5H,6-12,17H2,1H3,(H2,18,20). The molecule has 4 N–H and O–H groups in total. The van der Waals surface area contributed by atoms with Gasteiger partial charge < -0.3 is 16.2 Å². The molecule has 116 valence electrons. The lowest BCUT2D eigenvalue weighted by molar-refractivity contribution is -0.126. The Morgan fingerprint density at radius 1 is 1.38 bits per heavy atom. The number of carbonyl (C=O) groups is 1. The second-order valence-electron chi connectivity index (χ2n) is 5.98. The third-order valence-corrected chi connectivity index (χ3v) is 4.18. The van der Waals surface area contributed by atoms with E-state index in [1.54, 1.807) is 0 Å². The van der Waals surface area contributed by atoms with Crippen molar-refractivity contribution in [3.05, 3.63) is 29.8 Å². The van der Waals surface area contributed by atoms with Crippen LogP contribution in [-0.4, -0.2) is 43.6 Å². The van der Waals surface area contributed by atoms with E-state index in [0.717, 1.165) is 38.2 Å². The molecular formula is C16H25N3O2. The van der Waals surface area contributed by atoms with E-state index >= 15 is 0 Å². The quantitative estimate of drug-likeness (QED) is 0.777. The molecule has 1 atom stereocenters. The van der Waals surface area contributed by atoms with Crippen LogP contribution in [0.15, 0.2) is 24.3 Å². The Balaban J connectivity index is 1.74. The van der Waals surface area contributed by atoms with Gasteiger partial charge in [-0.1, -0.05) is 12.1 Å². The van der Waals surface area contributed by atoms with Crippen LogP contribution < -0.4 is 16.2 Å². The molecule has 1 amide bonds. The molecule has 0 spiro atoms. The van der Waals surface area contributed by atoms with Gasteiger partial charge in [0.25, 0.3) is 0 Å². The number of hydrogen-bond donors (Lipinski definition) is 2. The second-order valence-corrected chi connectivity index (χ2v) is 5.98. The van der Waals surface area contributed by atoms with Crippen LogP contribution in [0.2, 0.25) is 0 Å². The Kier molecular flexibility index (Phi) is 5.20. The fourth-order valence-corrected chi connectivity index (χ4v) is 2.66. The molecule has 1 heterocycles. The van der Waals surface area contributed by atoms with Gasteiger partial charge in [-0.2, -0.15) is 0 Å². The van der Waals surface area contributed by atoms with Crippen LogP contribution in [-0.2, 0) is 11.2 Å². The number of carbonyl (C=O) groups excluding carboxylic acids is 1. The average Bonchev–Trinajstić information content (AvgIpc) is 2.84. The highest BCUT2D eigenvalue weighted by atomic mass is 16.5. The molecule has 1 aromatic rings. The van der Waals surface area contributed by atoms with Gasteiger partial charge in [-0.15, -0.1) is 0 Å². The zero-order valence-electron chi connectivity index (χ0n) is 12.7. The van der Waals surface area contributed by atoms with Crippen LogP contribution in [0.5, 0.6) is 5.75 Å². The molecule has 0 saturated carbocycles. The number of nitrogens with zero attached hydrogens (tertiary/aromatic N) is 1. The molecule has 0 aliphatic carbocycles. The van der Waals surface area contributed by atoms with Crippen molar-refractivity contribution in [2.75, 3.05) is 32.8 Å². The first-order valence-corrected chi connectivity index (χ1v) is 7.47. The fraction of sp³-hybridized carbons (Fsp3) is 0.562. The van der Waals surface area contributed by atoms with Crippen LogP contribution in [0.1, 0.15) is 18.9 Å². The van der Waals surface area contributed by atoms with Crippen molar-refractivity contribution < 1.29 is 9.53 Å². The van der Waals surface area contributed by atoms with Crippen LogP contribution in [0.4, 0.5) is 0 Å². The van der Waals surface area contributed by atoms with E-state index in [0.29, 0.717) is 13.2 Å². The summed E-state index contributed by atoms with van der Waals surface area (Å²) < 4.78 is 5.74. The normalized spacial score (nSPS) is 22.4. The first-order chi connectivity index (χ1) is 10.0. The maximum Gasteiger partial charge on any atom is 0.224 e. The Morgan fingerprint density at radius 3 is 2.67 bits per heavy atom. The Bertz CT molecular complexity index is 475. The Morgan fingerprint density at radius 2 is 2.10 bits per heavy atom. The molecule has 5 nitrogen and oxygen atoms in total. The molecule has 0 aromatic heterocycles. The van der Waals surface area contributed by atoms with Gasteiger partial charge >= 0.3 is 0 Å². The van der Waals surface area contributed by atoms with E-state index in [9.17, 15) is 4.79 Å². The van der Waals surface area contributed by atoms with Gasteiger partial charge in [-0.25, -0.2) is 0 Å². The highest BCUT2D eigenvalue weighted by Crippen LogP contribution is 2.29. The number of likely N-dealkylation sites (tertiary alicyclic amines) is 1. The van der Waals surface area contributed by atoms with Crippen molar-refractivity contribution >= 4 is 5.91 Å². The van der Waals surface area contributed by atoms with E-state index < -0.39 is 0 Å². The largest absolute Gasteiger partial charge is 0.492 e. The minimum Gasteiger partial charge on any atom is -0.492 e. The maximum atomic E-state index is 11.4. The fourth-order valence-electron chi connectivity index (χ4n) is 2.66. The number of primary amides is 1. The summed E-state index contributed by atoms with van der Waals surface area (Å²) in [4.78, 5) is 13.6. The van der Waals surface area contributed by atoms with Gasteiger partial charge in [-0.05, 0) is 50.6 Å². The molecule has 1 saturated heterocycles. The minimum absolute atomic E-state index is 0.207. The van der Waals surface area contributed by atoms with Crippen LogP contribution in [0.3, 0.4) is 0 Å². The van der Waals surface area contributed by atoms with E-state index in [1.165, 1.54) is 5.56 Å². The molecular weight excluding hydrogens is 266 g/mol. The topological polar surface area (TPSA) is 81.6 Å². The number of nitrogens with two attached hydrogens (primary N) is 2. The minimum atomic E-state index is -0.385. The highest BCUT2D eigenvalue weighted by Gasteiger charge is 2.38. The van der Waals surface area contributed by atoms with Crippen molar-refractivity contribution in [1.29, 1.82) is 0 Å². The van der Waals surface area contributed by atoms with Gasteiger partial charge in [-0.3, -0.25) is 9.69 Å². The molecule has 1 aromatic carbocycles. The summed E-state index contributed by atoms with van der Waals surface area (Å²) in [5, 5.41) is 0. The summed E-state index contributed by atoms with van der Waals surface area (Å²) in [7, 11) is 0. The third-order valence-electron chi connectivity index (χ3n) is 4.18. The molecule has 0 bridgehead atoms. The van der Waals surface area contributed by atoms with E-state index in [1.807, 2.05) is 31.2 Å². The molecule has 1 fully saturated rings. The average molecular weight is 291 g/mol. The smallest absolute Gasteiger partial charge is 0.224 e. The number of ether oxygens (including phenoxy) is 1. The summed E-state index contributed by atoms with van der Waals surface area (Å²) in [6.45, 7) is 5.65. The molecule has 2 rings (SSSR count). The van der Waals surface area contributed by atoms with Crippen molar-refractivity contribution in [2.24, 2.45) is 16.9 Å². The number of rotatable bonds is 7. The van der Waals surface area contributed by atoms with Gasteiger partial charge in [0, 0.05) is 13.1 Å². The zero-order chi connectivity index (χ0) is 15.3. The lowest BCUT2D eigenvalue weighted by Crippen LogP contribution is -2.37. The second kappa shape index (κ2) is 6.91. The maximum absolute atomic E-state index is 11.4. The van der Waals surface area contributed by atoms with Crippen molar-refractivity contribution in [3.63, 3.8) is 0 Å². The lowest BCUT2D eigenvalue weighted by atomic mass is 9.89. The number of benzene rings is 1. The molecule has 1 aliphatic rings. The van der Waals surface area contributed by atoms with E-state index in [2.05, 4.69) is 4.90 Å². The van der Waals surface area contributed by atoms with Crippen LogP contribution in [0.25, 0.3) is 0 Å². The van der Waals surface area contributed by atoms with Crippen LogP contribution in [0, 0.1) is 5.41 Å². The molecule has 5 heteroatoms. The summed E-state index contributed by atoms with van der Waals surface area (Å²) in [5.41, 5.74) is 11.8. The summed E-state index contributed by atoms with van der Waals surface area (Å²) in [5.74, 6) is 0.661. The van der Waals surface area contributed by atoms with Gasteiger partial charge in [0.2, 0.25) is 5.91 Å². The summed E-state index contributed by atoms with van der Waals surface area (Å²) >= 11 is 0. The number of hydrogen-bond acceptors (Lipinski definition) is 4. The van der Waals surface area contributed by atoms with E-state index in [4.69, 9.17) is 16.2 Å². The summed E-state index contributed by atoms with van der Waals surface area (Å²) in [6, 6.07) is 8.04. The Hall–Kier alpha value is -1.59. The summed E-state index contributed by atoms with van der Waals surface area (Å²) in [6.07, 6.45) is 1.72. The first kappa shape index (κ1) is 15.8.